The van der Waals surface area contributed by atoms with E-state index in [2.05, 4.69) is 25.8 Å². The number of aromatic amines is 1. The van der Waals surface area contributed by atoms with E-state index in [9.17, 15) is 9.59 Å². The Morgan fingerprint density at radius 2 is 1.88 bits per heavy atom. The molecule has 1 aromatic carbocycles. The minimum Gasteiger partial charge on any atom is -0.431 e. The quantitative estimate of drug-likeness (QED) is 0.429. The van der Waals surface area contributed by atoms with Crippen LogP contribution in [0.2, 0.25) is 0 Å². The molecule has 3 N–H and O–H groups in total. The molecule has 176 valence electrons. The second-order valence-electron chi connectivity index (χ2n) is 8.41. The van der Waals surface area contributed by atoms with Crippen molar-refractivity contribution in [1.29, 1.82) is 0 Å². The molecule has 0 radical (unpaired) electrons. The van der Waals surface area contributed by atoms with Gasteiger partial charge in [-0.1, -0.05) is 26.0 Å². The number of amides is 2. The summed E-state index contributed by atoms with van der Waals surface area (Å²) in [5, 5.41) is 12.8. The molecule has 0 fully saturated rings. The Balaban J connectivity index is 1.73. The maximum atomic E-state index is 12.4. The highest BCUT2D eigenvalue weighted by Gasteiger charge is 2.20. The summed E-state index contributed by atoms with van der Waals surface area (Å²) in [6.45, 7) is 8.19. The summed E-state index contributed by atoms with van der Waals surface area (Å²) in [6.07, 6.45) is 3.12. The van der Waals surface area contributed by atoms with Crippen LogP contribution >= 0.6 is 0 Å². The fourth-order valence-electron chi connectivity index (χ4n) is 3.12. The normalized spacial score (nSPS) is 11.6. The zero-order valence-electron chi connectivity index (χ0n) is 19.7. The van der Waals surface area contributed by atoms with Crippen LogP contribution in [0.4, 0.5) is 0 Å². The zero-order chi connectivity index (χ0) is 24.0. The SMILES string of the molecule is CCC(CC)NC(=O)c1cnc(-c2cccc(-c3cc(C(=O)NCC(C)(C)OC)[nH]n3)c2)o1. The molecule has 0 aliphatic heterocycles. The second kappa shape index (κ2) is 10.4. The lowest BCUT2D eigenvalue weighted by molar-refractivity contribution is 0.0228. The molecule has 33 heavy (non-hydrogen) atoms. The fraction of sp³-hybridized carbons (Fsp3) is 0.417. The van der Waals surface area contributed by atoms with Crippen molar-refractivity contribution in [2.45, 2.75) is 52.2 Å². The first-order valence-electron chi connectivity index (χ1n) is 11.0. The van der Waals surface area contributed by atoms with Crippen LogP contribution in [0.15, 0.2) is 40.9 Å². The number of aromatic nitrogens is 3. The number of benzene rings is 1. The number of nitrogens with zero attached hydrogens (tertiary/aromatic N) is 2. The number of carbonyl (C=O) groups excluding carboxylic acids is 2. The van der Waals surface area contributed by atoms with Crippen molar-refractivity contribution >= 4 is 11.8 Å². The third-order valence-corrected chi connectivity index (χ3v) is 5.51. The van der Waals surface area contributed by atoms with Gasteiger partial charge in [0.25, 0.3) is 11.8 Å². The lowest BCUT2D eigenvalue weighted by Gasteiger charge is -2.22. The van der Waals surface area contributed by atoms with Gasteiger partial charge < -0.3 is 19.8 Å². The molecule has 0 spiro atoms. The number of hydrogen-bond acceptors (Lipinski definition) is 6. The minimum absolute atomic E-state index is 0.0982. The van der Waals surface area contributed by atoms with Crippen molar-refractivity contribution in [3.63, 3.8) is 0 Å². The van der Waals surface area contributed by atoms with Gasteiger partial charge in [0.2, 0.25) is 11.7 Å². The van der Waals surface area contributed by atoms with Gasteiger partial charge in [0.1, 0.15) is 5.69 Å². The van der Waals surface area contributed by atoms with Gasteiger partial charge in [-0.2, -0.15) is 5.10 Å². The van der Waals surface area contributed by atoms with Crippen molar-refractivity contribution in [2.75, 3.05) is 13.7 Å². The Bertz CT molecular complexity index is 1100. The van der Waals surface area contributed by atoms with Gasteiger partial charge in [0, 0.05) is 30.8 Å². The summed E-state index contributed by atoms with van der Waals surface area (Å²) in [5.41, 5.74) is 1.96. The third-order valence-electron chi connectivity index (χ3n) is 5.51. The predicted molar refractivity (Wildman–Crippen MR) is 125 cm³/mol. The maximum absolute atomic E-state index is 12.4. The average Bonchev–Trinajstić information content (AvgIpc) is 3.51. The highest BCUT2D eigenvalue weighted by atomic mass is 16.5. The van der Waals surface area contributed by atoms with Gasteiger partial charge in [0.15, 0.2) is 0 Å². The molecule has 0 unspecified atom stereocenters. The van der Waals surface area contributed by atoms with Crippen molar-refractivity contribution in [1.82, 2.24) is 25.8 Å². The van der Waals surface area contributed by atoms with Crippen LogP contribution in [-0.2, 0) is 4.74 Å². The van der Waals surface area contributed by atoms with Crippen LogP contribution in [0.1, 0.15) is 61.6 Å². The standard InChI is InChI=1S/C24H31N5O4/c1-6-17(7-2)27-22(31)20-13-25-23(33-20)16-10-8-9-15(11-16)18-12-19(29-28-18)21(30)26-14-24(3,4)32-5/h8-13,17H,6-7,14H2,1-5H3,(H,26,30)(H,27,31)(H,28,29). The Kier molecular flexibility index (Phi) is 7.65. The van der Waals surface area contributed by atoms with Crippen molar-refractivity contribution in [3.05, 3.63) is 48.0 Å². The van der Waals surface area contributed by atoms with E-state index in [1.165, 1.54) is 6.20 Å². The highest BCUT2D eigenvalue weighted by Crippen LogP contribution is 2.25. The first kappa shape index (κ1) is 24.2. The molecule has 0 saturated carbocycles. The highest BCUT2D eigenvalue weighted by molar-refractivity contribution is 5.93. The topological polar surface area (TPSA) is 122 Å². The lowest BCUT2D eigenvalue weighted by Crippen LogP contribution is -2.39. The van der Waals surface area contributed by atoms with E-state index in [0.717, 1.165) is 18.4 Å². The van der Waals surface area contributed by atoms with E-state index >= 15 is 0 Å². The number of hydrogen-bond donors (Lipinski definition) is 3. The van der Waals surface area contributed by atoms with E-state index < -0.39 is 5.60 Å². The first-order chi connectivity index (χ1) is 15.8. The summed E-state index contributed by atoms with van der Waals surface area (Å²) in [4.78, 5) is 29.1. The van der Waals surface area contributed by atoms with Crippen molar-refractivity contribution < 1.29 is 18.7 Å². The second-order valence-corrected chi connectivity index (χ2v) is 8.41. The van der Waals surface area contributed by atoms with Crippen molar-refractivity contribution in [3.8, 4) is 22.7 Å². The van der Waals surface area contributed by atoms with Crippen molar-refractivity contribution in [2.24, 2.45) is 0 Å². The molecule has 9 nitrogen and oxygen atoms in total. The van der Waals surface area contributed by atoms with Crippen LogP contribution in [-0.4, -0.2) is 52.3 Å². The van der Waals surface area contributed by atoms with Crippen LogP contribution in [0, 0.1) is 0 Å². The van der Waals surface area contributed by atoms with Crippen LogP contribution in [0.3, 0.4) is 0 Å². The average molecular weight is 454 g/mol. The number of H-pyrrole nitrogens is 1. The maximum Gasteiger partial charge on any atom is 0.288 e. The lowest BCUT2D eigenvalue weighted by atomic mass is 10.1. The molecule has 9 heteroatoms. The predicted octanol–water partition coefficient (Wildman–Crippen LogP) is 3.80. The van der Waals surface area contributed by atoms with E-state index in [0.29, 0.717) is 29.4 Å². The largest absolute Gasteiger partial charge is 0.431 e. The molecule has 0 bridgehead atoms. The smallest absolute Gasteiger partial charge is 0.288 e. The molecule has 3 aromatic rings. The van der Waals surface area contributed by atoms with Gasteiger partial charge in [-0.05, 0) is 44.9 Å². The summed E-state index contributed by atoms with van der Waals surface area (Å²) in [7, 11) is 1.60. The fourth-order valence-corrected chi connectivity index (χ4v) is 3.12. The monoisotopic (exact) mass is 453 g/mol. The Hall–Kier alpha value is -3.46. The zero-order valence-corrected chi connectivity index (χ0v) is 19.7. The number of methoxy groups -OCH3 is 1. The first-order valence-corrected chi connectivity index (χ1v) is 11.0. The number of nitrogens with one attached hydrogen (secondary N) is 3. The molecule has 2 heterocycles. The third kappa shape index (κ3) is 6.07. The number of rotatable bonds is 10. The Morgan fingerprint density at radius 1 is 1.15 bits per heavy atom. The van der Waals surface area contributed by atoms with E-state index in [4.69, 9.17) is 9.15 Å². The van der Waals surface area contributed by atoms with Gasteiger partial charge >= 0.3 is 0 Å². The van der Waals surface area contributed by atoms with E-state index in [1.807, 2.05) is 52.0 Å². The number of ether oxygens (including phenoxy) is 1. The number of carbonyl (C=O) groups is 2. The van der Waals surface area contributed by atoms with Crippen LogP contribution < -0.4 is 10.6 Å². The molecule has 0 saturated heterocycles. The molecular weight excluding hydrogens is 422 g/mol. The van der Waals surface area contributed by atoms with Gasteiger partial charge in [-0.3, -0.25) is 14.7 Å². The molecule has 0 aliphatic rings. The summed E-state index contributed by atoms with van der Waals surface area (Å²) in [5.74, 6) is -0.0454. The molecule has 3 rings (SSSR count). The minimum atomic E-state index is -0.466. The molecule has 2 amide bonds. The Morgan fingerprint density at radius 3 is 2.58 bits per heavy atom. The van der Waals surface area contributed by atoms with E-state index in [-0.39, 0.29) is 23.6 Å². The van der Waals surface area contributed by atoms with Gasteiger partial charge in [-0.25, -0.2) is 4.98 Å². The Labute approximate surface area is 193 Å². The molecule has 0 aliphatic carbocycles. The van der Waals surface area contributed by atoms with E-state index in [1.54, 1.807) is 13.2 Å². The van der Waals surface area contributed by atoms with Crippen LogP contribution in [0.25, 0.3) is 22.7 Å². The molecular formula is C24H31N5O4. The number of oxazole rings is 1. The van der Waals surface area contributed by atoms with Crippen LogP contribution in [0.5, 0.6) is 0 Å². The van der Waals surface area contributed by atoms with Gasteiger partial charge in [0.05, 0.1) is 17.5 Å². The molecule has 0 atom stereocenters. The summed E-state index contributed by atoms with van der Waals surface area (Å²) >= 11 is 0. The van der Waals surface area contributed by atoms with Gasteiger partial charge in [-0.15, -0.1) is 0 Å². The molecule has 2 aromatic heterocycles. The summed E-state index contributed by atoms with van der Waals surface area (Å²) in [6, 6.07) is 9.18. The summed E-state index contributed by atoms with van der Waals surface area (Å²) < 4.78 is 11.0.